The van der Waals surface area contributed by atoms with Crippen LogP contribution in [0.15, 0.2) is 23.6 Å². The number of aromatic hydroxyl groups is 1. The molecule has 0 radical (unpaired) electrons. The van der Waals surface area contributed by atoms with E-state index >= 15 is 0 Å². The summed E-state index contributed by atoms with van der Waals surface area (Å²) >= 11 is 6.80. The molecule has 0 aliphatic heterocycles. The summed E-state index contributed by atoms with van der Waals surface area (Å²) < 4.78 is 0. The number of hydrogen-bond acceptors (Lipinski definition) is 4. The largest absolute Gasteiger partial charge is 0.507 e. The van der Waals surface area contributed by atoms with Crippen LogP contribution in [-0.2, 0) is 0 Å². The summed E-state index contributed by atoms with van der Waals surface area (Å²) in [7, 11) is 0. The van der Waals surface area contributed by atoms with E-state index in [-0.39, 0.29) is 21.9 Å². The van der Waals surface area contributed by atoms with Gasteiger partial charge in [0.1, 0.15) is 10.6 Å². The maximum atomic E-state index is 12.1. The maximum absolute atomic E-state index is 12.1. The van der Waals surface area contributed by atoms with Crippen molar-refractivity contribution in [2.75, 3.05) is 5.32 Å². The van der Waals surface area contributed by atoms with Crippen molar-refractivity contribution < 1.29 is 19.8 Å². The summed E-state index contributed by atoms with van der Waals surface area (Å²) in [6, 6.07) is 4.07. The third-order valence-electron chi connectivity index (χ3n) is 2.61. The van der Waals surface area contributed by atoms with E-state index in [4.69, 9.17) is 16.7 Å². The molecular formula is C13H10ClNO4S. The molecule has 3 N–H and O–H groups in total. The summed E-state index contributed by atoms with van der Waals surface area (Å²) in [5, 5.41) is 23.1. The summed E-state index contributed by atoms with van der Waals surface area (Å²) in [5.74, 6) is -1.96. The first kappa shape index (κ1) is 14.4. The standard InChI is InChI=1S/C13H10ClNO4S/c1-6-5-20-11(13(18)19)10(6)15-12(17)8-4-7(14)2-3-9(8)16/h2-5,16H,1H3,(H,15,17)(H,18,19). The third kappa shape index (κ3) is 2.76. The molecule has 2 rings (SSSR count). The molecule has 1 amide bonds. The van der Waals surface area contributed by atoms with Gasteiger partial charge in [-0.3, -0.25) is 4.79 Å². The quantitative estimate of drug-likeness (QED) is 0.811. The number of rotatable bonds is 3. The zero-order chi connectivity index (χ0) is 14.9. The second kappa shape index (κ2) is 5.52. The van der Waals surface area contributed by atoms with Crippen LogP contribution in [-0.4, -0.2) is 22.1 Å². The summed E-state index contributed by atoms with van der Waals surface area (Å²) in [4.78, 5) is 23.2. The number of amides is 1. The zero-order valence-corrected chi connectivity index (χ0v) is 11.9. The average Bonchev–Trinajstić information content (AvgIpc) is 2.74. The molecule has 0 fully saturated rings. The van der Waals surface area contributed by atoms with Crippen LogP contribution in [0.1, 0.15) is 25.6 Å². The second-order valence-corrected chi connectivity index (χ2v) is 5.36. The molecule has 1 aromatic carbocycles. The monoisotopic (exact) mass is 311 g/mol. The van der Waals surface area contributed by atoms with Gasteiger partial charge in [-0.2, -0.15) is 0 Å². The molecule has 20 heavy (non-hydrogen) atoms. The van der Waals surface area contributed by atoms with E-state index in [1.165, 1.54) is 18.2 Å². The van der Waals surface area contributed by atoms with Gasteiger partial charge in [0.2, 0.25) is 0 Å². The predicted octanol–water partition coefficient (Wildman–Crippen LogP) is 3.37. The number of anilines is 1. The highest BCUT2D eigenvalue weighted by Crippen LogP contribution is 2.29. The number of halogens is 1. The maximum Gasteiger partial charge on any atom is 0.348 e. The van der Waals surface area contributed by atoms with Gasteiger partial charge in [-0.15, -0.1) is 11.3 Å². The van der Waals surface area contributed by atoms with Crippen LogP contribution in [0.4, 0.5) is 5.69 Å². The lowest BCUT2D eigenvalue weighted by atomic mass is 10.1. The lowest BCUT2D eigenvalue weighted by Gasteiger charge is -2.08. The van der Waals surface area contributed by atoms with Gasteiger partial charge in [-0.1, -0.05) is 11.6 Å². The Bertz CT molecular complexity index is 696. The van der Waals surface area contributed by atoms with Crippen molar-refractivity contribution in [2.45, 2.75) is 6.92 Å². The van der Waals surface area contributed by atoms with E-state index < -0.39 is 11.9 Å². The van der Waals surface area contributed by atoms with Crippen LogP contribution in [0, 0.1) is 6.92 Å². The smallest absolute Gasteiger partial charge is 0.348 e. The first-order chi connectivity index (χ1) is 9.40. The molecule has 104 valence electrons. The zero-order valence-electron chi connectivity index (χ0n) is 10.3. The number of aryl methyl sites for hydroxylation is 1. The molecule has 5 nitrogen and oxygen atoms in total. The highest BCUT2D eigenvalue weighted by atomic mass is 35.5. The normalized spacial score (nSPS) is 10.3. The Morgan fingerprint density at radius 1 is 1.35 bits per heavy atom. The Labute approximate surface area is 123 Å². The molecule has 0 saturated heterocycles. The first-order valence-electron chi connectivity index (χ1n) is 5.51. The van der Waals surface area contributed by atoms with Crippen molar-refractivity contribution in [2.24, 2.45) is 0 Å². The molecule has 1 aromatic heterocycles. The number of aromatic carboxylic acids is 1. The topological polar surface area (TPSA) is 86.6 Å². The van der Waals surface area contributed by atoms with Gasteiger partial charge >= 0.3 is 5.97 Å². The van der Waals surface area contributed by atoms with Crippen LogP contribution < -0.4 is 5.32 Å². The fourth-order valence-corrected chi connectivity index (χ4v) is 2.64. The van der Waals surface area contributed by atoms with Gasteiger partial charge in [0.15, 0.2) is 0 Å². The number of carboxylic acids is 1. The summed E-state index contributed by atoms with van der Waals surface area (Å²) in [6.07, 6.45) is 0. The Morgan fingerprint density at radius 2 is 2.05 bits per heavy atom. The van der Waals surface area contributed by atoms with E-state index in [1.54, 1.807) is 12.3 Å². The Kier molecular flexibility index (Phi) is 3.96. The number of phenolic OH excluding ortho intramolecular Hbond substituents is 1. The second-order valence-electron chi connectivity index (χ2n) is 4.04. The molecule has 0 aliphatic rings. The minimum atomic E-state index is -1.12. The highest BCUT2D eigenvalue weighted by Gasteiger charge is 2.19. The molecule has 0 bridgehead atoms. The molecule has 0 atom stereocenters. The molecular weight excluding hydrogens is 302 g/mol. The number of thiophene rings is 1. The summed E-state index contributed by atoms with van der Waals surface area (Å²) in [5.41, 5.74) is 0.855. The fourth-order valence-electron chi connectivity index (χ4n) is 1.63. The summed E-state index contributed by atoms with van der Waals surface area (Å²) in [6.45, 7) is 1.69. The molecule has 0 aliphatic carbocycles. The first-order valence-corrected chi connectivity index (χ1v) is 6.77. The SMILES string of the molecule is Cc1csc(C(=O)O)c1NC(=O)c1cc(Cl)ccc1O. The van der Waals surface area contributed by atoms with Crippen LogP contribution in [0.5, 0.6) is 5.75 Å². The van der Waals surface area contributed by atoms with Gasteiger partial charge in [-0.25, -0.2) is 4.79 Å². The minimum absolute atomic E-state index is 0.0144. The van der Waals surface area contributed by atoms with Gasteiger partial charge in [0.05, 0.1) is 11.3 Å². The van der Waals surface area contributed by atoms with Gasteiger partial charge in [-0.05, 0) is 36.1 Å². The van der Waals surface area contributed by atoms with Crippen molar-refractivity contribution in [3.63, 3.8) is 0 Å². The van der Waals surface area contributed by atoms with E-state index in [9.17, 15) is 14.7 Å². The highest BCUT2D eigenvalue weighted by molar-refractivity contribution is 7.12. The average molecular weight is 312 g/mol. The van der Waals surface area contributed by atoms with Gasteiger partial charge < -0.3 is 15.5 Å². The molecule has 0 unspecified atom stereocenters. The molecule has 1 heterocycles. The lowest BCUT2D eigenvalue weighted by molar-refractivity contribution is 0.0703. The molecule has 2 aromatic rings. The number of phenols is 1. The van der Waals surface area contributed by atoms with Gasteiger partial charge in [0, 0.05) is 5.02 Å². The number of carbonyl (C=O) groups is 2. The van der Waals surface area contributed by atoms with Crippen molar-refractivity contribution >= 4 is 40.5 Å². The van der Waals surface area contributed by atoms with Gasteiger partial charge in [0.25, 0.3) is 5.91 Å². The third-order valence-corrected chi connectivity index (χ3v) is 3.93. The Morgan fingerprint density at radius 3 is 2.70 bits per heavy atom. The van der Waals surface area contributed by atoms with Crippen LogP contribution >= 0.6 is 22.9 Å². The van der Waals surface area contributed by atoms with E-state index in [0.717, 1.165) is 11.3 Å². The van der Waals surface area contributed by atoms with Crippen molar-refractivity contribution in [3.8, 4) is 5.75 Å². The van der Waals surface area contributed by atoms with E-state index in [1.807, 2.05) is 0 Å². The lowest BCUT2D eigenvalue weighted by Crippen LogP contribution is -2.14. The van der Waals surface area contributed by atoms with Crippen molar-refractivity contribution in [1.82, 2.24) is 0 Å². The van der Waals surface area contributed by atoms with Crippen molar-refractivity contribution in [3.05, 3.63) is 44.6 Å². The Hall–Kier alpha value is -2.05. The number of carboxylic acid groups (broad SMARTS) is 1. The molecule has 0 saturated carbocycles. The van der Waals surface area contributed by atoms with Crippen LogP contribution in [0.3, 0.4) is 0 Å². The van der Waals surface area contributed by atoms with Crippen LogP contribution in [0.2, 0.25) is 5.02 Å². The van der Waals surface area contributed by atoms with Crippen LogP contribution in [0.25, 0.3) is 0 Å². The number of benzene rings is 1. The van der Waals surface area contributed by atoms with E-state index in [2.05, 4.69) is 5.32 Å². The van der Waals surface area contributed by atoms with E-state index in [0.29, 0.717) is 10.6 Å². The Balaban J connectivity index is 2.35. The fraction of sp³-hybridized carbons (Fsp3) is 0.0769. The van der Waals surface area contributed by atoms with Crippen molar-refractivity contribution in [1.29, 1.82) is 0 Å². The molecule has 0 spiro atoms. The molecule has 7 heteroatoms. The minimum Gasteiger partial charge on any atom is -0.507 e. The number of carbonyl (C=O) groups excluding carboxylic acids is 1. The predicted molar refractivity (Wildman–Crippen MR) is 77.1 cm³/mol. The number of hydrogen-bond donors (Lipinski definition) is 3. The number of nitrogens with one attached hydrogen (secondary N) is 1.